The molecule has 6 N–H and O–H groups in total. The maximum absolute atomic E-state index is 10.2. The Hall–Kier alpha value is -0.530. The van der Waals surface area contributed by atoms with Crippen molar-refractivity contribution in [2.75, 3.05) is 0 Å². The van der Waals surface area contributed by atoms with E-state index in [9.17, 15) is 4.79 Å². The quantitative estimate of drug-likeness (QED) is 0.226. The van der Waals surface area contributed by atoms with Gasteiger partial charge >= 0.3 is 0 Å². The Labute approximate surface area is 70.6 Å². The number of carbonyl (C=O) groups is 1. The molecule has 0 aliphatic rings. The van der Waals surface area contributed by atoms with Crippen molar-refractivity contribution in [3.05, 3.63) is 0 Å². The van der Waals surface area contributed by atoms with E-state index in [4.69, 9.17) is 27.5 Å². The van der Waals surface area contributed by atoms with Crippen molar-refractivity contribution in [3.63, 3.8) is 0 Å². The van der Waals surface area contributed by atoms with Crippen molar-refractivity contribution in [2.45, 2.75) is 31.0 Å². The van der Waals surface area contributed by atoms with Crippen LogP contribution in [0.3, 0.4) is 0 Å². The normalized spacial score (nSPS) is 22.2. The minimum Gasteiger partial charge on any atom is -0.390 e. The minimum atomic E-state index is -1.74. The molecule has 0 aliphatic carbocycles. The van der Waals surface area contributed by atoms with E-state index in [2.05, 4.69) is 0 Å². The fourth-order valence-corrected chi connectivity index (χ4v) is 0.636. The van der Waals surface area contributed by atoms with Crippen LogP contribution in [0.2, 0.25) is 0 Å². The van der Waals surface area contributed by atoms with Gasteiger partial charge in [0.1, 0.15) is 26.1 Å². The van der Waals surface area contributed by atoms with Crippen molar-refractivity contribution in [1.29, 1.82) is 0 Å². The van der Waals surface area contributed by atoms with Crippen LogP contribution in [-0.2, 0) is 4.79 Å². The predicted octanol–water partition coefficient (Wildman–Crippen LogP) is -3.06. The summed E-state index contributed by atoms with van der Waals surface area (Å²) in [5, 5.41) is 35.5. The smallest absolute Gasteiger partial charge is 0.131 e. The molecule has 0 fully saturated rings. The van der Waals surface area contributed by atoms with Crippen LogP contribution in [0.1, 0.15) is 7.79 Å². The molecule has 0 heterocycles. The van der Waals surface area contributed by atoms with Gasteiger partial charge in [-0.3, -0.25) is 0 Å². The molecule has 0 aromatic heterocycles. The Morgan fingerprint density at radius 1 is 1.33 bits per heavy atom. The molecule has 0 amide bonds. The highest BCUT2D eigenvalue weighted by atomic mass is 16.4. The fraction of sp³-hybridized carbons (Fsp3) is 0.833. The van der Waals surface area contributed by atoms with Gasteiger partial charge < -0.3 is 31.0 Å². The molecule has 0 rings (SSSR count). The van der Waals surface area contributed by atoms with Gasteiger partial charge in [-0.05, 0) is 0 Å². The lowest BCUT2D eigenvalue weighted by Gasteiger charge is -2.23. The van der Waals surface area contributed by atoms with Gasteiger partial charge in [-0.2, -0.15) is 0 Å². The molecule has 0 spiro atoms. The first-order chi connectivity index (χ1) is 5.86. The van der Waals surface area contributed by atoms with Crippen LogP contribution in [0.25, 0.3) is 0 Å². The minimum absolute atomic E-state index is 0.620. The van der Waals surface area contributed by atoms with Gasteiger partial charge in [-0.1, -0.05) is 0 Å². The van der Waals surface area contributed by atoms with Crippen molar-refractivity contribution in [2.24, 2.45) is 5.73 Å². The molecule has 0 aromatic carbocycles. The number of aliphatic hydroxyl groups excluding tert-OH is 4. The molecular formula is C6H13NO5. The van der Waals surface area contributed by atoms with Crippen molar-refractivity contribution in [1.82, 2.24) is 0 Å². The molecule has 0 radical (unpaired) electrons. The van der Waals surface area contributed by atoms with E-state index >= 15 is 0 Å². The second-order valence-corrected chi connectivity index (χ2v) is 2.39. The van der Waals surface area contributed by atoms with Crippen LogP contribution in [0, 0.1) is 0 Å². The Morgan fingerprint density at radius 2 is 1.83 bits per heavy atom. The number of aliphatic hydroxyl groups is 4. The molecule has 0 saturated carbocycles. The van der Waals surface area contributed by atoms with Crippen LogP contribution in [0.15, 0.2) is 0 Å². The summed E-state index contributed by atoms with van der Waals surface area (Å²) >= 11 is 0. The first-order valence-corrected chi connectivity index (χ1v) is 3.33. The van der Waals surface area contributed by atoms with E-state index in [-0.39, 0.29) is 0 Å². The highest BCUT2D eigenvalue weighted by Gasteiger charge is 2.27. The van der Waals surface area contributed by atoms with E-state index in [0.29, 0.717) is 0 Å². The lowest BCUT2D eigenvalue weighted by Crippen LogP contribution is -2.48. The molecule has 0 aliphatic heterocycles. The monoisotopic (exact) mass is 180 g/mol. The summed E-state index contributed by atoms with van der Waals surface area (Å²) in [7, 11) is 0. The van der Waals surface area contributed by atoms with Crippen LogP contribution in [0.5, 0.6) is 0 Å². The highest BCUT2D eigenvalue weighted by molar-refractivity contribution is 5.50. The Kier molecular flexibility index (Phi) is 4.12. The summed E-state index contributed by atoms with van der Waals surface area (Å²) in [6.07, 6.45) is -8.48. The summed E-state index contributed by atoms with van der Waals surface area (Å²) in [6, 6.07) is 0. The van der Waals surface area contributed by atoms with Gasteiger partial charge in [-0.15, -0.1) is 0 Å². The van der Waals surface area contributed by atoms with Gasteiger partial charge in [0, 0.05) is 6.42 Å². The SMILES string of the molecule is [2H]C(=O)C[C@@H](O)[C@H](O)[C@H](O)C(N)O. The number of hydrogen-bond donors (Lipinski definition) is 5. The average molecular weight is 180 g/mol. The third kappa shape index (κ3) is 3.24. The van der Waals surface area contributed by atoms with Crippen LogP contribution in [0.4, 0.5) is 0 Å². The molecule has 1 unspecified atom stereocenters. The lowest BCUT2D eigenvalue weighted by atomic mass is 10.1. The molecule has 6 nitrogen and oxygen atoms in total. The van der Waals surface area contributed by atoms with Crippen LogP contribution in [-0.4, -0.2) is 51.2 Å². The van der Waals surface area contributed by atoms with Gasteiger partial charge in [0.15, 0.2) is 0 Å². The molecule has 6 heteroatoms. The Bertz CT molecular complexity index is 176. The van der Waals surface area contributed by atoms with E-state index in [1.807, 2.05) is 0 Å². The third-order valence-electron chi connectivity index (χ3n) is 1.39. The first-order valence-electron chi connectivity index (χ1n) is 3.83. The molecule has 0 saturated heterocycles. The maximum Gasteiger partial charge on any atom is 0.131 e. The van der Waals surface area contributed by atoms with Gasteiger partial charge in [-0.25, -0.2) is 0 Å². The van der Waals surface area contributed by atoms with E-state index < -0.39 is 37.2 Å². The molecule has 0 aromatic rings. The summed E-state index contributed by atoms with van der Waals surface area (Å²) < 4.78 is 6.46. The summed E-state index contributed by atoms with van der Waals surface area (Å²) in [5.74, 6) is 0. The topological polar surface area (TPSA) is 124 Å². The van der Waals surface area contributed by atoms with Crippen LogP contribution >= 0.6 is 0 Å². The van der Waals surface area contributed by atoms with Crippen molar-refractivity contribution >= 4 is 6.26 Å². The van der Waals surface area contributed by atoms with Crippen LogP contribution < -0.4 is 5.73 Å². The van der Waals surface area contributed by atoms with Gasteiger partial charge in [0.2, 0.25) is 0 Å². The van der Waals surface area contributed by atoms with E-state index in [1.165, 1.54) is 0 Å². The second-order valence-electron chi connectivity index (χ2n) is 2.39. The van der Waals surface area contributed by atoms with Gasteiger partial charge in [0.25, 0.3) is 0 Å². The largest absolute Gasteiger partial charge is 0.390 e. The second kappa shape index (κ2) is 5.18. The number of rotatable bonds is 5. The summed E-state index contributed by atoms with van der Waals surface area (Å²) in [6.45, 7) is 0. The lowest BCUT2D eigenvalue weighted by molar-refractivity contribution is -0.120. The fourth-order valence-electron chi connectivity index (χ4n) is 0.636. The summed E-state index contributed by atoms with van der Waals surface area (Å²) in [4.78, 5) is 10.2. The maximum atomic E-state index is 10.2. The Balaban J connectivity index is 4.08. The molecule has 0 bridgehead atoms. The van der Waals surface area contributed by atoms with Gasteiger partial charge in [0.05, 0.1) is 6.10 Å². The molecule has 72 valence electrons. The number of aldehydes is 1. The van der Waals surface area contributed by atoms with E-state index in [1.54, 1.807) is 0 Å². The number of nitrogens with two attached hydrogens (primary N) is 1. The zero-order valence-corrected chi connectivity index (χ0v) is 6.29. The third-order valence-corrected chi connectivity index (χ3v) is 1.39. The molecule has 4 atom stereocenters. The average Bonchev–Trinajstić information content (AvgIpc) is 2.00. The Morgan fingerprint density at radius 3 is 2.17 bits per heavy atom. The van der Waals surface area contributed by atoms with Crippen molar-refractivity contribution in [3.8, 4) is 0 Å². The number of carbonyl (C=O) groups excluding carboxylic acids is 1. The number of hydrogen-bond acceptors (Lipinski definition) is 6. The molecular weight excluding hydrogens is 166 g/mol. The zero-order chi connectivity index (χ0) is 10.6. The standard InChI is InChI=1S/C6H13NO5/c7-6(12)5(11)4(10)3(9)1-2-8/h2-6,9-12H,1,7H2/t3-,4+,5+,6?/m1/s1/i2D. The summed E-state index contributed by atoms with van der Waals surface area (Å²) in [5.41, 5.74) is 4.81. The van der Waals surface area contributed by atoms with Crippen molar-refractivity contribution < 1.29 is 26.6 Å². The first kappa shape index (κ1) is 9.56. The molecule has 12 heavy (non-hydrogen) atoms. The predicted molar refractivity (Wildman–Crippen MR) is 38.9 cm³/mol. The van der Waals surface area contributed by atoms with E-state index in [0.717, 1.165) is 0 Å². The zero-order valence-electron chi connectivity index (χ0n) is 7.29. The highest BCUT2D eigenvalue weighted by Crippen LogP contribution is 2.04.